The molecule has 0 spiro atoms. The van der Waals surface area contributed by atoms with E-state index in [-0.39, 0.29) is 6.10 Å². The van der Waals surface area contributed by atoms with E-state index >= 15 is 0 Å². The van der Waals surface area contributed by atoms with Gasteiger partial charge in [-0.05, 0) is 31.2 Å². The van der Waals surface area contributed by atoms with E-state index in [1.54, 1.807) is 0 Å². The van der Waals surface area contributed by atoms with Crippen molar-refractivity contribution in [1.82, 2.24) is 0 Å². The van der Waals surface area contributed by atoms with Crippen molar-refractivity contribution < 1.29 is 4.74 Å². The molecule has 0 aliphatic carbocycles. The molecular weight excluding hydrogens is 220 g/mol. The lowest BCUT2D eigenvalue weighted by molar-refractivity contribution is 0.0267. The molecule has 0 aromatic heterocycles. The summed E-state index contributed by atoms with van der Waals surface area (Å²) in [6, 6.07) is 10.6. The van der Waals surface area contributed by atoms with Crippen LogP contribution in [-0.2, 0) is 4.74 Å². The summed E-state index contributed by atoms with van der Waals surface area (Å²) >= 11 is 0. The number of hydrogen-bond donors (Lipinski definition) is 0. The predicted molar refractivity (Wildman–Crippen MR) is 76.4 cm³/mol. The van der Waals surface area contributed by atoms with Crippen LogP contribution < -0.4 is 0 Å². The Morgan fingerprint density at radius 3 is 2.56 bits per heavy atom. The molecule has 1 aliphatic heterocycles. The van der Waals surface area contributed by atoms with Crippen molar-refractivity contribution >= 4 is 0 Å². The summed E-state index contributed by atoms with van der Waals surface area (Å²) < 4.78 is 6.27. The number of ether oxygens (including phenoxy) is 1. The lowest BCUT2D eigenvalue weighted by Crippen LogP contribution is -2.09. The summed E-state index contributed by atoms with van der Waals surface area (Å²) in [4.78, 5) is 0. The molecule has 1 heteroatoms. The van der Waals surface area contributed by atoms with Crippen LogP contribution in [0.1, 0.15) is 45.3 Å². The van der Waals surface area contributed by atoms with E-state index in [1.807, 2.05) is 0 Å². The van der Waals surface area contributed by atoms with Gasteiger partial charge >= 0.3 is 0 Å². The minimum Gasteiger partial charge on any atom is -0.370 e. The first-order valence-corrected chi connectivity index (χ1v) is 6.93. The molecule has 0 radical (unpaired) electrons. The van der Waals surface area contributed by atoms with Crippen molar-refractivity contribution in [3.8, 4) is 0 Å². The van der Waals surface area contributed by atoms with Crippen molar-refractivity contribution in [3.05, 3.63) is 48.0 Å². The third-order valence-corrected chi connectivity index (χ3v) is 3.72. The van der Waals surface area contributed by atoms with Gasteiger partial charge in [0.05, 0.1) is 12.2 Å². The second-order valence-electron chi connectivity index (χ2n) is 5.91. The molecule has 1 saturated heterocycles. The van der Waals surface area contributed by atoms with E-state index in [9.17, 15) is 0 Å². The summed E-state index contributed by atoms with van der Waals surface area (Å²) in [6.45, 7) is 10.8. The highest BCUT2D eigenvalue weighted by Gasteiger charge is 2.36. The molecule has 0 N–H and O–H groups in total. The monoisotopic (exact) mass is 244 g/mol. The van der Waals surface area contributed by atoms with E-state index < -0.39 is 0 Å². The Balaban J connectivity index is 2.15. The molecule has 0 unspecified atom stereocenters. The third kappa shape index (κ3) is 3.02. The number of benzene rings is 1. The Hall–Kier alpha value is -1.08. The Bertz CT molecular complexity index is 393. The molecule has 3 atom stereocenters. The summed E-state index contributed by atoms with van der Waals surface area (Å²) in [5.74, 6) is 1.16. The average Bonchev–Trinajstić information content (AvgIpc) is 2.73. The molecule has 0 amide bonds. The van der Waals surface area contributed by atoms with Gasteiger partial charge in [0.15, 0.2) is 0 Å². The standard InChI is InChI=1S/C17H24O/c1-12(2)10-15-11-16(13(3)4)17(18-15)14-8-6-5-7-9-14/h5-9,12,15-17H,3,10-11H2,1-2,4H3/t15-,16-,17+/m1/s1. The summed E-state index contributed by atoms with van der Waals surface area (Å²) in [6.07, 6.45) is 2.85. The van der Waals surface area contributed by atoms with Crippen LogP contribution in [0.3, 0.4) is 0 Å². The third-order valence-electron chi connectivity index (χ3n) is 3.72. The zero-order valence-electron chi connectivity index (χ0n) is 11.7. The molecular formula is C17H24O. The van der Waals surface area contributed by atoms with Crippen LogP contribution in [0.5, 0.6) is 0 Å². The molecule has 0 saturated carbocycles. The van der Waals surface area contributed by atoms with Crippen LogP contribution in [0.25, 0.3) is 0 Å². The second kappa shape index (κ2) is 5.71. The Morgan fingerprint density at radius 1 is 1.33 bits per heavy atom. The van der Waals surface area contributed by atoms with Gasteiger partial charge in [-0.25, -0.2) is 0 Å². The summed E-state index contributed by atoms with van der Waals surface area (Å²) in [5, 5.41) is 0. The molecule has 1 heterocycles. The molecule has 1 fully saturated rings. The molecule has 2 rings (SSSR count). The van der Waals surface area contributed by atoms with Gasteiger partial charge in [-0.3, -0.25) is 0 Å². The summed E-state index contributed by atoms with van der Waals surface area (Å²) in [7, 11) is 0. The fraction of sp³-hybridized carbons (Fsp3) is 0.529. The van der Waals surface area contributed by atoms with Crippen LogP contribution in [0, 0.1) is 11.8 Å². The maximum absolute atomic E-state index is 6.27. The quantitative estimate of drug-likeness (QED) is 0.694. The topological polar surface area (TPSA) is 9.23 Å². The van der Waals surface area contributed by atoms with E-state index in [1.165, 1.54) is 11.1 Å². The normalized spacial score (nSPS) is 27.7. The van der Waals surface area contributed by atoms with Crippen LogP contribution in [0.4, 0.5) is 0 Å². The highest BCUT2D eigenvalue weighted by molar-refractivity contribution is 5.22. The highest BCUT2D eigenvalue weighted by atomic mass is 16.5. The Kier molecular flexibility index (Phi) is 4.23. The zero-order chi connectivity index (χ0) is 13.1. The maximum Gasteiger partial charge on any atom is 0.0894 e. The van der Waals surface area contributed by atoms with Gasteiger partial charge in [0.25, 0.3) is 0 Å². The smallest absolute Gasteiger partial charge is 0.0894 e. The van der Waals surface area contributed by atoms with Crippen LogP contribution >= 0.6 is 0 Å². The van der Waals surface area contributed by atoms with Gasteiger partial charge in [0.2, 0.25) is 0 Å². The molecule has 98 valence electrons. The van der Waals surface area contributed by atoms with E-state index in [2.05, 4.69) is 57.7 Å². The largest absolute Gasteiger partial charge is 0.370 e. The van der Waals surface area contributed by atoms with Gasteiger partial charge in [-0.15, -0.1) is 0 Å². The van der Waals surface area contributed by atoms with Gasteiger partial charge in [0, 0.05) is 5.92 Å². The fourth-order valence-corrected chi connectivity index (χ4v) is 2.86. The van der Waals surface area contributed by atoms with Gasteiger partial charge < -0.3 is 4.74 Å². The minimum atomic E-state index is 0.201. The zero-order valence-corrected chi connectivity index (χ0v) is 11.7. The molecule has 1 aliphatic rings. The highest BCUT2D eigenvalue weighted by Crippen LogP contribution is 2.43. The molecule has 0 bridgehead atoms. The van der Waals surface area contributed by atoms with Crippen LogP contribution in [0.15, 0.2) is 42.5 Å². The second-order valence-corrected chi connectivity index (χ2v) is 5.91. The fourth-order valence-electron chi connectivity index (χ4n) is 2.86. The molecule has 1 aromatic carbocycles. The van der Waals surface area contributed by atoms with Crippen molar-refractivity contribution in [2.45, 2.75) is 45.8 Å². The molecule has 1 aromatic rings. The lowest BCUT2D eigenvalue weighted by Gasteiger charge is -2.19. The number of hydrogen-bond acceptors (Lipinski definition) is 1. The van der Waals surface area contributed by atoms with Crippen LogP contribution in [0.2, 0.25) is 0 Å². The predicted octanol–water partition coefficient (Wildman–Crippen LogP) is 4.76. The van der Waals surface area contributed by atoms with Gasteiger partial charge in [0.1, 0.15) is 0 Å². The van der Waals surface area contributed by atoms with Gasteiger partial charge in [-0.2, -0.15) is 0 Å². The SMILES string of the molecule is C=C(C)[C@H]1C[C@@H](CC(C)C)O[C@H]1c1ccccc1. The lowest BCUT2D eigenvalue weighted by atomic mass is 9.88. The first-order chi connectivity index (χ1) is 8.58. The van der Waals surface area contributed by atoms with Crippen molar-refractivity contribution in [2.24, 2.45) is 11.8 Å². The van der Waals surface area contributed by atoms with Crippen molar-refractivity contribution in [1.29, 1.82) is 0 Å². The van der Waals surface area contributed by atoms with Crippen LogP contribution in [-0.4, -0.2) is 6.10 Å². The average molecular weight is 244 g/mol. The number of rotatable bonds is 4. The van der Waals surface area contributed by atoms with E-state index in [4.69, 9.17) is 4.74 Å². The maximum atomic E-state index is 6.27. The molecule has 1 nitrogen and oxygen atoms in total. The van der Waals surface area contributed by atoms with E-state index in [0.29, 0.717) is 17.9 Å². The first kappa shape index (κ1) is 13.4. The van der Waals surface area contributed by atoms with Crippen molar-refractivity contribution in [3.63, 3.8) is 0 Å². The van der Waals surface area contributed by atoms with Gasteiger partial charge in [-0.1, -0.05) is 56.3 Å². The Morgan fingerprint density at radius 2 is 2.00 bits per heavy atom. The van der Waals surface area contributed by atoms with Crippen molar-refractivity contribution in [2.75, 3.05) is 0 Å². The Labute approximate surface area is 111 Å². The molecule has 18 heavy (non-hydrogen) atoms. The van der Waals surface area contributed by atoms with E-state index in [0.717, 1.165) is 12.8 Å². The summed E-state index contributed by atoms with van der Waals surface area (Å²) in [5.41, 5.74) is 2.53. The first-order valence-electron chi connectivity index (χ1n) is 6.93. The minimum absolute atomic E-state index is 0.201.